The van der Waals surface area contributed by atoms with Crippen molar-refractivity contribution in [2.45, 2.75) is 45.3 Å². The van der Waals surface area contributed by atoms with E-state index < -0.39 is 12.1 Å². The lowest BCUT2D eigenvalue weighted by Gasteiger charge is -2.34. The number of carboxylic acid groups (broad SMARTS) is 1. The number of hydrogen-bond donors (Lipinski definition) is 1. The zero-order chi connectivity index (χ0) is 17.3. The predicted molar refractivity (Wildman–Crippen MR) is 87.2 cm³/mol. The number of benzene rings is 1. The lowest BCUT2D eigenvalue weighted by molar-refractivity contribution is -0.151. The van der Waals surface area contributed by atoms with Crippen LogP contribution in [-0.2, 0) is 20.7 Å². The Morgan fingerprint density at radius 3 is 2.54 bits per heavy atom. The number of carbonyl (C=O) groups excluding carboxylic acids is 1. The van der Waals surface area contributed by atoms with Gasteiger partial charge in [0, 0.05) is 25.7 Å². The Morgan fingerprint density at radius 2 is 1.88 bits per heavy atom. The van der Waals surface area contributed by atoms with Gasteiger partial charge >= 0.3 is 5.97 Å². The van der Waals surface area contributed by atoms with Crippen LogP contribution >= 0.6 is 0 Å². The van der Waals surface area contributed by atoms with E-state index in [1.54, 1.807) is 0 Å². The first-order valence-corrected chi connectivity index (χ1v) is 8.32. The minimum absolute atomic E-state index is 0.0989. The molecule has 3 rings (SSSR count). The van der Waals surface area contributed by atoms with Crippen LogP contribution in [0.25, 0.3) is 0 Å². The van der Waals surface area contributed by atoms with Crippen LogP contribution in [0.2, 0.25) is 0 Å². The van der Waals surface area contributed by atoms with Gasteiger partial charge in [0.05, 0.1) is 0 Å². The molecule has 2 aliphatic rings. The van der Waals surface area contributed by atoms with Crippen molar-refractivity contribution < 1.29 is 24.2 Å². The summed E-state index contributed by atoms with van der Waals surface area (Å²) in [6.45, 7) is 4.85. The van der Waals surface area contributed by atoms with Crippen molar-refractivity contribution in [2.75, 3.05) is 19.8 Å². The molecule has 1 atom stereocenters. The van der Waals surface area contributed by atoms with E-state index >= 15 is 0 Å². The van der Waals surface area contributed by atoms with Gasteiger partial charge in [-0.3, -0.25) is 9.59 Å². The summed E-state index contributed by atoms with van der Waals surface area (Å²) in [4.78, 5) is 25.6. The highest BCUT2D eigenvalue weighted by Gasteiger charge is 2.37. The summed E-state index contributed by atoms with van der Waals surface area (Å²) in [5, 5.41) is 9.19. The second kappa shape index (κ2) is 6.81. The Bertz CT molecular complexity index is 620. The highest BCUT2D eigenvalue weighted by atomic mass is 16.5. The van der Waals surface area contributed by atoms with Crippen molar-refractivity contribution in [3.8, 4) is 5.75 Å². The predicted octanol–water partition coefficient (Wildman–Crippen LogP) is 1.70. The third-order valence-corrected chi connectivity index (χ3v) is 4.85. The highest BCUT2D eigenvalue weighted by molar-refractivity contribution is 5.86. The Hall–Kier alpha value is -2.08. The van der Waals surface area contributed by atoms with Crippen molar-refractivity contribution in [2.24, 2.45) is 0 Å². The van der Waals surface area contributed by atoms with Gasteiger partial charge in [0.25, 0.3) is 5.91 Å². The minimum atomic E-state index is -1.00. The van der Waals surface area contributed by atoms with E-state index in [9.17, 15) is 14.7 Å². The van der Waals surface area contributed by atoms with Crippen LogP contribution in [-0.4, -0.2) is 53.8 Å². The summed E-state index contributed by atoms with van der Waals surface area (Å²) in [5.41, 5.74) is 3.30. The molecule has 1 saturated heterocycles. The SMILES string of the molecule is Cc1cc2c(cc1C)O[C@H](C(=O)N(CC(=O)O)C1CCOCC1)C2. The van der Waals surface area contributed by atoms with Gasteiger partial charge in [-0.1, -0.05) is 6.07 Å². The maximum Gasteiger partial charge on any atom is 0.323 e. The summed E-state index contributed by atoms with van der Waals surface area (Å²) in [7, 11) is 0. The molecule has 0 saturated carbocycles. The third-order valence-electron chi connectivity index (χ3n) is 4.85. The molecule has 2 aliphatic heterocycles. The molecular weight excluding hydrogens is 310 g/mol. The minimum Gasteiger partial charge on any atom is -0.480 e. The molecule has 0 spiro atoms. The van der Waals surface area contributed by atoms with Gasteiger partial charge in [-0.25, -0.2) is 0 Å². The van der Waals surface area contributed by atoms with E-state index in [0.29, 0.717) is 32.5 Å². The number of carbonyl (C=O) groups is 2. The fourth-order valence-corrected chi connectivity index (χ4v) is 3.37. The molecule has 6 nitrogen and oxygen atoms in total. The number of carboxylic acids is 1. The topological polar surface area (TPSA) is 76.1 Å². The van der Waals surface area contributed by atoms with Gasteiger partial charge in [-0.2, -0.15) is 0 Å². The van der Waals surface area contributed by atoms with Crippen molar-refractivity contribution in [3.63, 3.8) is 0 Å². The van der Waals surface area contributed by atoms with Crippen LogP contribution in [0.15, 0.2) is 12.1 Å². The van der Waals surface area contributed by atoms with Crippen molar-refractivity contribution in [1.82, 2.24) is 4.90 Å². The first kappa shape index (κ1) is 16.8. The van der Waals surface area contributed by atoms with Gasteiger partial charge in [-0.15, -0.1) is 0 Å². The van der Waals surface area contributed by atoms with Crippen LogP contribution in [0.4, 0.5) is 0 Å². The number of ether oxygens (including phenoxy) is 2. The van der Waals surface area contributed by atoms with Crippen LogP contribution in [0.5, 0.6) is 5.75 Å². The number of rotatable bonds is 4. The fraction of sp³-hybridized carbons (Fsp3) is 0.556. The molecule has 2 heterocycles. The Labute approximate surface area is 141 Å². The molecule has 130 valence electrons. The van der Waals surface area contributed by atoms with E-state index in [2.05, 4.69) is 0 Å². The summed E-state index contributed by atoms with van der Waals surface area (Å²) in [5.74, 6) is -0.508. The summed E-state index contributed by atoms with van der Waals surface area (Å²) in [6, 6.07) is 3.90. The van der Waals surface area contributed by atoms with Crippen LogP contribution in [0.3, 0.4) is 0 Å². The molecule has 1 N–H and O–H groups in total. The van der Waals surface area contributed by atoms with E-state index in [4.69, 9.17) is 9.47 Å². The van der Waals surface area contributed by atoms with E-state index in [-0.39, 0.29) is 18.5 Å². The van der Waals surface area contributed by atoms with Gasteiger partial charge in [0.1, 0.15) is 12.3 Å². The molecular formula is C18H23NO5. The van der Waals surface area contributed by atoms with E-state index in [1.165, 1.54) is 4.90 Å². The third kappa shape index (κ3) is 3.38. The zero-order valence-corrected chi connectivity index (χ0v) is 14.1. The average molecular weight is 333 g/mol. The lowest BCUT2D eigenvalue weighted by Crippen LogP contribution is -2.50. The maximum absolute atomic E-state index is 12.9. The zero-order valence-electron chi connectivity index (χ0n) is 14.1. The first-order chi connectivity index (χ1) is 11.5. The molecule has 0 aromatic heterocycles. The number of nitrogens with zero attached hydrogens (tertiary/aromatic N) is 1. The van der Waals surface area contributed by atoms with E-state index in [0.717, 1.165) is 22.4 Å². The van der Waals surface area contributed by atoms with Crippen LogP contribution < -0.4 is 4.74 Å². The lowest BCUT2D eigenvalue weighted by atomic mass is 10.0. The Kier molecular flexibility index (Phi) is 4.76. The standard InChI is InChI=1S/C18H23NO5/c1-11-7-13-9-16(24-15(13)8-12(11)2)18(22)19(10-17(20)21)14-3-5-23-6-4-14/h7-8,14,16H,3-6,9-10H2,1-2H3,(H,20,21)/t16-/m0/s1. The molecule has 1 aromatic carbocycles. The number of hydrogen-bond acceptors (Lipinski definition) is 4. The van der Waals surface area contributed by atoms with Gasteiger partial charge in [-0.05, 0) is 49.4 Å². The average Bonchev–Trinajstić information content (AvgIpc) is 2.96. The molecule has 24 heavy (non-hydrogen) atoms. The molecule has 1 fully saturated rings. The van der Waals surface area contributed by atoms with Crippen LogP contribution in [0, 0.1) is 13.8 Å². The van der Waals surface area contributed by atoms with Gasteiger partial charge in [0.15, 0.2) is 6.10 Å². The summed E-state index contributed by atoms with van der Waals surface area (Å²) < 4.78 is 11.2. The number of aryl methyl sites for hydroxylation is 2. The molecule has 1 aromatic rings. The molecule has 0 bridgehead atoms. The molecule has 1 amide bonds. The van der Waals surface area contributed by atoms with Crippen molar-refractivity contribution >= 4 is 11.9 Å². The quantitative estimate of drug-likeness (QED) is 0.907. The van der Waals surface area contributed by atoms with Crippen molar-refractivity contribution in [3.05, 3.63) is 28.8 Å². The smallest absolute Gasteiger partial charge is 0.323 e. The Balaban J connectivity index is 1.77. The fourth-order valence-electron chi connectivity index (χ4n) is 3.37. The number of fused-ring (bicyclic) bond motifs is 1. The number of amides is 1. The van der Waals surface area contributed by atoms with Crippen molar-refractivity contribution in [1.29, 1.82) is 0 Å². The first-order valence-electron chi connectivity index (χ1n) is 8.32. The molecule has 6 heteroatoms. The molecule has 0 radical (unpaired) electrons. The van der Waals surface area contributed by atoms with Gasteiger partial charge in [0.2, 0.25) is 0 Å². The normalized spacial score (nSPS) is 20.3. The largest absolute Gasteiger partial charge is 0.480 e. The molecule has 0 aliphatic carbocycles. The van der Waals surface area contributed by atoms with E-state index in [1.807, 2.05) is 26.0 Å². The highest BCUT2D eigenvalue weighted by Crippen LogP contribution is 2.32. The Morgan fingerprint density at radius 1 is 1.21 bits per heavy atom. The van der Waals surface area contributed by atoms with Crippen LogP contribution in [0.1, 0.15) is 29.5 Å². The second-order valence-corrected chi connectivity index (χ2v) is 6.56. The van der Waals surface area contributed by atoms with Gasteiger partial charge < -0.3 is 19.5 Å². The second-order valence-electron chi connectivity index (χ2n) is 6.56. The number of aliphatic carboxylic acids is 1. The summed E-state index contributed by atoms with van der Waals surface area (Å²) in [6.07, 6.45) is 1.19. The monoisotopic (exact) mass is 333 g/mol. The molecule has 0 unspecified atom stereocenters. The maximum atomic E-state index is 12.9. The summed E-state index contributed by atoms with van der Waals surface area (Å²) >= 11 is 0.